The molecule has 2 heterocycles. The van der Waals surface area contributed by atoms with Crippen LogP contribution in [0.3, 0.4) is 0 Å². The number of nitrogens with zero attached hydrogens (tertiary/aromatic N) is 1. The van der Waals surface area contributed by atoms with Crippen molar-refractivity contribution in [2.45, 2.75) is 40.0 Å². The Labute approximate surface area is 171 Å². The van der Waals surface area contributed by atoms with Crippen LogP contribution in [0.15, 0.2) is 9.79 Å². The van der Waals surface area contributed by atoms with Gasteiger partial charge in [0.2, 0.25) is 5.88 Å². The van der Waals surface area contributed by atoms with Gasteiger partial charge >= 0.3 is 5.97 Å². The van der Waals surface area contributed by atoms with E-state index in [1.165, 1.54) is 24.7 Å². The van der Waals surface area contributed by atoms with Gasteiger partial charge in [0.25, 0.3) is 5.56 Å². The molecular formula is C19H23N3O4S2. The van der Waals surface area contributed by atoms with E-state index in [1.54, 1.807) is 0 Å². The first-order chi connectivity index (χ1) is 13.1. The minimum Gasteiger partial charge on any atom is -0.494 e. The van der Waals surface area contributed by atoms with Crippen LogP contribution in [0.25, 0.3) is 0 Å². The van der Waals surface area contributed by atoms with Crippen molar-refractivity contribution in [2.24, 2.45) is 16.3 Å². The second kappa shape index (κ2) is 7.63. The van der Waals surface area contributed by atoms with Crippen LogP contribution in [0, 0.1) is 16.1 Å². The molecule has 28 heavy (non-hydrogen) atoms. The molecule has 1 unspecified atom stereocenters. The molecule has 1 aliphatic rings. The third kappa shape index (κ3) is 3.95. The predicted octanol–water partition coefficient (Wildman–Crippen LogP) is 3.89. The molecule has 0 saturated carbocycles. The van der Waals surface area contributed by atoms with Gasteiger partial charge in [-0.1, -0.05) is 20.8 Å². The van der Waals surface area contributed by atoms with Crippen molar-refractivity contribution in [3.8, 4) is 5.88 Å². The molecule has 3 N–H and O–H groups in total. The summed E-state index contributed by atoms with van der Waals surface area (Å²) in [6.45, 7) is 6.68. The summed E-state index contributed by atoms with van der Waals surface area (Å²) in [6.07, 6.45) is 3.91. The Balaban J connectivity index is 2.05. The summed E-state index contributed by atoms with van der Waals surface area (Å²) in [7, 11) is 1.34. The highest BCUT2D eigenvalue weighted by atomic mass is 32.1. The van der Waals surface area contributed by atoms with E-state index >= 15 is 0 Å². The van der Waals surface area contributed by atoms with E-state index in [0.717, 1.165) is 29.7 Å². The van der Waals surface area contributed by atoms with Gasteiger partial charge in [0.15, 0.2) is 4.77 Å². The zero-order chi connectivity index (χ0) is 20.6. The van der Waals surface area contributed by atoms with Crippen molar-refractivity contribution in [1.82, 2.24) is 9.97 Å². The van der Waals surface area contributed by atoms with Crippen molar-refractivity contribution in [2.75, 3.05) is 7.11 Å². The number of aromatic hydroxyl groups is 1. The van der Waals surface area contributed by atoms with E-state index in [1.807, 2.05) is 0 Å². The quantitative estimate of drug-likeness (QED) is 0.396. The fourth-order valence-electron chi connectivity index (χ4n) is 3.44. The summed E-state index contributed by atoms with van der Waals surface area (Å²) in [5.74, 6) is -0.294. The number of ether oxygens (including phenoxy) is 1. The van der Waals surface area contributed by atoms with Crippen LogP contribution >= 0.6 is 23.6 Å². The molecule has 1 aliphatic carbocycles. The number of carbonyl (C=O) groups excluding carboxylic acids is 1. The van der Waals surface area contributed by atoms with Crippen molar-refractivity contribution >= 4 is 40.7 Å². The molecule has 2 aromatic rings. The number of aliphatic imine (C=N–C) groups is 1. The number of carbonyl (C=O) groups is 1. The first-order valence-electron chi connectivity index (χ1n) is 8.94. The van der Waals surface area contributed by atoms with E-state index in [9.17, 15) is 14.7 Å². The molecule has 0 fully saturated rings. The van der Waals surface area contributed by atoms with Gasteiger partial charge in [-0.3, -0.25) is 9.78 Å². The lowest BCUT2D eigenvalue weighted by molar-refractivity contribution is 0.0600. The Bertz CT molecular complexity index is 1060. The predicted molar refractivity (Wildman–Crippen MR) is 112 cm³/mol. The SMILES string of the molecule is COC(=O)c1c(/N=C/c2c(O)[nH]c(=S)[nH]c2=O)sc2c1CCC(C(C)(C)C)C2. The number of hydrogen-bond donors (Lipinski definition) is 3. The zero-order valence-corrected chi connectivity index (χ0v) is 17.8. The zero-order valence-electron chi connectivity index (χ0n) is 16.2. The van der Waals surface area contributed by atoms with Gasteiger partial charge in [0.1, 0.15) is 10.6 Å². The fraction of sp³-hybridized carbons (Fsp3) is 0.474. The number of nitrogens with one attached hydrogen (secondary N) is 2. The van der Waals surface area contributed by atoms with Crippen molar-refractivity contribution < 1.29 is 14.6 Å². The summed E-state index contributed by atoms with van der Waals surface area (Å²) in [5, 5.41) is 10.4. The maximum absolute atomic E-state index is 12.4. The Morgan fingerprint density at radius 3 is 2.71 bits per heavy atom. The highest BCUT2D eigenvalue weighted by molar-refractivity contribution is 7.71. The lowest BCUT2D eigenvalue weighted by Gasteiger charge is -2.33. The monoisotopic (exact) mass is 421 g/mol. The molecule has 0 saturated heterocycles. The molecule has 0 bridgehead atoms. The van der Waals surface area contributed by atoms with Crippen LogP contribution in [0.4, 0.5) is 5.00 Å². The fourth-order valence-corrected chi connectivity index (χ4v) is 4.89. The molecule has 0 spiro atoms. The number of thiophene rings is 1. The maximum Gasteiger partial charge on any atom is 0.341 e. The van der Waals surface area contributed by atoms with Crippen LogP contribution in [0.2, 0.25) is 0 Å². The summed E-state index contributed by atoms with van der Waals surface area (Å²) in [6, 6.07) is 0. The summed E-state index contributed by atoms with van der Waals surface area (Å²) in [5.41, 5.74) is 1.00. The third-order valence-electron chi connectivity index (χ3n) is 5.13. The second-order valence-corrected chi connectivity index (χ2v) is 9.40. The molecule has 150 valence electrons. The third-order valence-corrected chi connectivity index (χ3v) is 6.50. The van der Waals surface area contributed by atoms with Gasteiger partial charge in [0, 0.05) is 11.1 Å². The summed E-state index contributed by atoms with van der Waals surface area (Å²) >= 11 is 6.26. The Hall–Kier alpha value is -2.26. The molecule has 3 rings (SSSR count). The Kier molecular flexibility index (Phi) is 5.58. The van der Waals surface area contributed by atoms with Crippen molar-refractivity contribution in [3.63, 3.8) is 0 Å². The van der Waals surface area contributed by atoms with E-state index in [0.29, 0.717) is 16.5 Å². The number of rotatable bonds is 3. The Morgan fingerprint density at radius 2 is 2.11 bits per heavy atom. The van der Waals surface area contributed by atoms with Gasteiger partial charge in [0.05, 0.1) is 12.7 Å². The topological polar surface area (TPSA) is 108 Å². The van der Waals surface area contributed by atoms with Crippen molar-refractivity contribution in [1.29, 1.82) is 0 Å². The van der Waals surface area contributed by atoms with Gasteiger partial charge in [-0.05, 0) is 48.4 Å². The minimum absolute atomic E-state index is 0.0229. The maximum atomic E-state index is 12.4. The minimum atomic E-state index is -0.557. The van der Waals surface area contributed by atoms with Crippen molar-refractivity contribution in [3.05, 3.63) is 36.7 Å². The average Bonchev–Trinajstić information content (AvgIpc) is 2.96. The largest absolute Gasteiger partial charge is 0.494 e. The molecule has 9 heteroatoms. The lowest BCUT2D eigenvalue weighted by Crippen LogP contribution is -2.26. The van der Waals surface area contributed by atoms with Gasteiger partial charge in [-0.25, -0.2) is 9.79 Å². The molecule has 1 atom stereocenters. The number of aromatic nitrogens is 2. The number of hydrogen-bond acceptors (Lipinski definition) is 7. The first kappa shape index (κ1) is 20.5. The molecule has 0 radical (unpaired) electrons. The standard InChI is InChI=1S/C19H23N3O4S2/c1-19(2,3)9-5-6-10-12(7-9)28-16(13(10)17(25)26-4)20-8-11-14(23)21-18(27)22-15(11)24/h8-9H,5-7H2,1-4H3,(H3,21,22,23,24,27)/b20-8+. The summed E-state index contributed by atoms with van der Waals surface area (Å²) in [4.78, 5) is 34.8. The van der Waals surface area contributed by atoms with Crippen LogP contribution in [0.5, 0.6) is 5.88 Å². The molecule has 0 amide bonds. The number of fused-ring (bicyclic) bond motifs is 1. The first-order valence-corrected chi connectivity index (χ1v) is 10.2. The van der Waals surface area contributed by atoms with Crippen LogP contribution in [-0.2, 0) is 17.6 Å². The van der Waals surface area contributed by atoms with Gasteiger partial charge in [-0.15, -0.1) is 11.3 Å². The van der Waals surface area contributed by atoms with E-state index in [2.05, 4.69) is 35.7 Å². The summed E-state index contributed by atoms with van der Waals surface area (Å²) < 4.78 is 4.99. The smallest absolute Gasteiger partial charge is 0.341 e. The molecule has 7 nitrogen and oxygen atoms in total. The van der Waals surface area contributed by atoms with Crippen LogP contribution < -0.4 is 5.56 Å². The molecule has 2 aromatic heterocycles. The van der Waals surface area contributed by atoms with Gasteiger partial charge in [-0.2, -0.15) is 0 Å². The Morgan fingerprint density at radius 1 is 1.39 bits per heavy atom. The van der Waals surface area contributed by atoms with Crippen LogP contribution in [-0.4, -0.2) is 34.4 Å². The highest BCUT2D eigenvalue weighted by Gasteiger charge is 2.34. The molecule has 0 aliphatic heterocycles. The second-order valence-electron chi connectivity index (χ2n) is 7.91. The van der Waals surface area contributed by atoms with E-state index in [-0.39, 0.29) is 21.6 Å². The molecule has 0 aromatic carbocycles. The van der Waals surface area contributed by atoms with Gasteiger partial charge < -0.3 is 14.8 Å². The number of aromatic amines is 2. The number of esters is 1. The lowest BCUT2D eigenvalue weighted by atomic mass is 9.72. The van der Waals surface area contributed by atoms with E-state index < -0.39 is 11.5 Å². The normalized spacial score (nSPS) is 16.9. The molecular weight excluding hydrogens is 398 g/mol. The highest BCUT2D eigenvalue weighted by Crippen LogP contribution is 2.45. The number of H-pyrrole nitrogens is 2. The van der Waals surface area contributed by atoms with E-state index in [4.69, 9.17) is 17.0 Å². The van der Waals surface area contributed by atoms with Crippen LogP contribution in [0.1, 0.15) is 53.6 Å². The number of methoxy groups -OCH3 is 1. The average molecular weight is 422 g/mol.